The van der Waals surface area contributed by atoms with Crippen LogP contribution in [0.2, 0.25) is 0 Å². The van der Waals surface area contributed by atoms with Crippen LogP contribution in [0, 0.1) is 6.92 Å². The second kappa shape index (κ2) is 8.74. The Kier molecular flexibility index (Phi) is 6.95. The lowest BCUT2D eigenvalue weighted by molar-refractivity contribution is 0.513. The van der Waals surface area contributed by atoms with Gasteiger partial charge in [0, 0.05) is 17.0 Å². The minimum absolute atomic E-state index is 0.619. The molecule has 0 saturated heterocycles. The van der Waals surface area contributed by atoms with Gasteiger partial charge in [0.15, 0.2) is 0 Å². The van der Waals surface area contributed by atoms with E-state index in [4.69, 9.17) is 0 Å². The fraction of sp³-hybridized carbons (Fsp3) is 0.667. The predicted octanol–water partition coefficient (Wildman–Crippen LogP) is 4.58. The highest BCUT2D eigenvalue weighted by molar-refractivity contribution is 7.99. The molecule has 2 heteroatoms. The van der Waals surface area contributed by atoms with Crippen LogP contribution in [0.1, 0.15) is 50.2 Å². The van der Waals surface area contributed by atoms with E-state index in [1.807, 2.05) is 0 Å². The second-order valence-electron chi connectivity index (χ2n) is 6.04. The van der Waals surface area contributed by atoms with E-state index in [0.29, 0.717) is 6.04 Å². The fourth-order valence-corrected chi connectivity index (χ4v) is 4.49. The molecular weight excluding hydrogens is 262 g/mol. The third-order valence-corrected chi connectivity index (χ3v) is 5.68. The van der Waals surface area contributed by atoms with Crippen LogP contribution < -0.4 is 5.32 Å². The standard InChI is InChI=1S/C18H29NS/c1-3-19-17(13-16-9-7-8-15(2)12-16)14-20-18-10-5-4-6-11-18/h7-9,12,17-19H,3-6,10-11,13-14H2,1-2H3. The van der Waals surface area contributed by atoms with Crippen LogP contribution in [0.3, 0.4) is 0 Å². The molecule has 1 aliphatic carbocycles. The van der Waals surface area contributed by atoms with E-state index in [2.05, 4.69) is 55.2 Å². The summed E-state index contributed by atoms with van der Waals surface area (Å²) in [7, 11) is 0. The first-order valence-corrected chi connectivity index (χ1v) is 9.23. The lowest BCUT2D eigenvalue weighted by Crippen LogP contribution is -2.34. The molecule has 0 aliphatic heterocycles. The highest BCUT2D eigenvalue weighted by Gasteiger charge is 2.16. The molecule has 1 atom stereocenters. The van der Waals surface area contributed by atoms with Crippen molar-refractivity contribution in [1.29, 1.82) is 0 Å². The Hall–Kier alpha value is -0.470. The van der Waals surface area contributed by atoms with E-state index >= 15 is 0 Å². The summed E-state index contributed by atoms with van der Waals surface area (Å²) in [6.45, 7) is 5.47. The van der Waals surface area contributed by atoms with Crippen LogP contribution in [0.4, 0.5) is 0 Å². The SMILES string of the molecule is CCNC(CSC1CCCCC1)Cc1cccc(C)c1. The highest BCUT2D eigenvalue weighted by atomic mass is 32.2. The number of thioether (sulfide) groups is 1. The van der Waals surface area contributed by atoms with Gasteiger partial charge in [-0.1, -0.05) is 56.0 Å². The first-order chi connectivity index (χ1) is 9.78. The highest BCUT2D eigenvalue weighted by Crippen LogP contribution is 2.28. The first-order valence-electron chi connectivity index (χ1n) is 8.18. The fourth-order valence-electron chi connectivity index (χ4n) is 3.09. The van der Waals surface area contributed by atoms with E-state index < -0.39 is 0 Å². The summed E-state index contributed by atoms with van der Waals surface area (Å²) in [4.78, 5) is 0. The molecule has 0 radical (unpaired) electrons. The molecular formula is C18H29NS. The third kappa shape index (κ3) is 5.49. The Morgan fingerprint density at radius 1 is 1.25 bits per heavy atom. The Balaban J connectivity index is 1.82. The molecule has 1 unspecified atom stereocenters. The molecule has 0 aromatic heterocycles. The van der Waals surface area contributed by atoms with Gasteiger partial charge in [-0.15, -0.1) is 0 Å². The Bertz CT molecular complexity index is 385. The van der Waals surface area contributed by atoms with Crippen LogP contribution in [0.5, 0.6) is 0 Å². The van der Waals surface area contributed by atoms with E-state index in [1.54, 1.807) is 0 Å². The van der Waals surface area contributed by atoms with Crippen LogP contribution >= 0.6 is 11.8 Å². The minimum Gasteiger partial charge on any atom is -0.313 e. The molecule has 1 aromatic rings. The van der Waals surface area contributed by atoms with Gasteiger partial charge >= 0.3 is 0 Å². The van der Waals surface area contributed by atoms with E-state index in [-0.39, 0.29) is 0 Å². The molecule has 1 N–H and O–H groups in total. The Morgan fingerprint density at radius 3 is 2.75 bits per heavy atom. The smallest absolute Gasteiger partial charge is 0.0198 e. The minimum atomic E-state index is 0.619. The number of rotatable bonds is 7. The molecule has 0 amide bonds. The summed E-state index contributed by atoms with van der Waals surface area (Å²) in [6.07, 6.45) is 8.39. The predicted molar refractivity (Wildman–Crippen MR) is 91.7 cm³/mol. The third-order valence-electron chi connectivity index (χ3n) is 4.14. The van der Waals surface area contributed by atoms with Crippen molar-refractivity contribution in [1.82, 2.24) is 5.32 Å². The second-order valence-corrected chi connectivity index (χ2v) is 7.37. The van der Waals surface area contributed by atoms with Crippen molar-refractivity contribution < 1.29 is 0 Å². The van der Waals surface area contributed by atoms with Gasteiger partial charge in [0.2, 0.25) is 0 Å². The van der Waals surface area contributed by atoms with Gasteiger partial charge in [0.05, 0.1) is 0 Å². The lowest BCUT2D eigenvalue weighted by Gasteiger charge is -2.24. The Morgan fingerprint density at radius 2 is 2.05 bits per heavy atom. The monoisotopic (exact) mass is 291 g/mol. The zero-order valence-corrected chi connectivity index (χ0v) is 13.8. The topological polar surface area (TPSA) is 12.0 Å². The van der Waals surface area contributed by atoms with E-state index in [9.17, 15) is 0 Å². The van der Waals surface area contributed by atoms with Crippen molar-refractivity contribution >= 4 is 11.8 Å². The maximum absolute atomic E-state index is 3.67. The number of hydrogen-bond donors (Lipinski definition) is 1. The van der Waals surface area contributed by atoms with Crippen LogP contribution in [-0.4, -0.2) is 23.6 Å². The van der Waals surface area contributed by atoms with Crippen molar-refractivity contribution in [3.63, 3.8) is 0 Å². The zero-order valence-electron chi connectivity index (χ0n) is 13.0. The Labute approximate surface area is 128 Å². The molecule has 0 spiro atoms. The van der Waals surface area contributed by atoms with E-state index in [0.717, 1.165) is 18.2 Å². The van der Waals surface area contributed by atoms with Crippen LogP contribution in [-0.2, 0) is 6.42 Å². The number of nitrogens with one attached hydrogen (secondary N) is 1. The van der Waals surface area contributed by atoms with Gasteiger partial charge in [-0.3, -0.25) is 0 Å². The number of aryl methyl sites for hydroxylation is 1. The molecule has 20 heavy (non-hydrogen) atoms. The quantitative estimate of drug-likeness (QED) is 0.789. The zero-order chi connectivity index (χ0) is 14.2. The summed E-state index contributed by atoms with van der Waals surface area (Å²) in [5.74, 6) is 1.26. The molecule has 1 aliphatic rings. The van der Waals surface area contributed by atoms with Crippen LogP contribution in [0.15, 0.2) is 24.3 Å². The average Bonchev–Trinajstić information content (AvgIpc) is 2.46. The van der Waals surface area contributed by atoms with Crippen molar-refractivity contribution in [3.8, 4) is 0 Å². The largest absolute Gasteiger partial charge is 0.313 e. The average molecular weight is 292 g/mol. The summed E-state index contributed by atoms with van der Waals surface area (Å²) >= 11 is 2.21. The molecule has 1 saturated carbocycles. The van der Waals surface area contributed by atoms with Gasteiger partial charge in [-0.25, -0.2) is 0 Å². The summed E-state index contributed by atoms with van der Waals surface area (Å²) < 4.78 is 0. The molecule has 0 bridgehead atoms. The number of benzene rings is 1. The molecule has 0 heterocycles. The van der Waals surface area contributed by atoms with Gasteiger partial charge < -0.3 is 5.32 Å². The number of hydrogen-bond acceptors (Lipinski definition) is 2. The summed E-state index contributed by atoms with van der Waals surface area (Å²) in [5, 5.41) is 4.59. The summed E-state index contributed by atoms with van der Waals surface area (Å²) in [5.41, 5.74) is 2.85. The normalized spacial score (nSPS) is 18.1. The van der Waals surface area contributed by atoms with Crippen LogP contribution in [0.25, 0.3) is 0 Å². The lowest BCUT2D eigenvalue weighted by atomic mass is 10.0. The molecule has 1 nitrogen and oxygen atoms in total. The molecule has 112 valence electrons. The number of likely N-dealkylation sites (N-methyl/N-ethyl adjacent to an activating group) is 1. The van der Waals surface area contributed by atoms with Gasteiger partial charge in [-0.05, 0) is 38.3 Å². The molecule has 1 aromatic carbocycles. The van der Waals surface area contributed by atoms with E-state index in [1.165, 1.54) is 49.0 Å². The summed E-state index contributed by atoms with van der Waals surface area (Å²) in [6, 6.07) is 9.58. The van der Waals surface area contributed by atoms with Crippen molar-refractivity contribution in [3.05, 3.63) is 35.4 Å². The van der Waals surface area contributed by atoms with Gasteiger partial charge in [-0.2, -0.15) is 11.8 Å². The molecule has 1 fully saturated rings. The maximum Gasteiger partial charge on any atom is 0.0198 e. The maximum atomic E-state index is 3.67. The van der Waals surface area contributed by atoms with Crippen molar-refractivity contribution in [2.75, 3.05) is 12.3 Å². The van der Waals surface area contributed by atoms with Crippen molar-refractivity contribution in [2.24, 2.45) is 0 Å². The molecule has 2 rings (SSSR count). The van der Waals surface area contributed by atoms with Gasteiger partial charge in [0.1, 0.15) is 0 Å². The van der Waals surface area contributed by atoms with Gasteiger partial charge in [0.25, 0.3) is 0 Å². The van der Waals surface area contributed by atoms with Crippen molar-refractivity contribution in [2.45, 2.75) is 63.7 Å². The first kappa shape index (κ1) is 15.9.